The van der Waals surface area contributed by atoms with E-state index in [4.69, 9.17) is 14.2 Å². The Morgan fingerprint density at radius 3 is 2.12 bits per heavy atom. The van der Waals surface area contributed by atoms with Gasteiger partial charge in [0.2, 0.25) is 11.7 Å². The molecule has 10 heteroatoms. The number of hydrogen-bond acceptors (Lipinski definition) is 7. The molecule has 2 aromatic rings. The lowest BCUT2D eigenvalue weighted by Gasteiger charge is -2.31. The molecule has 1 aromatic carbocycles. The zero-order chi connectivity index (χ0) is 24.5. The molecule has 0 aliphatic carbocycles. The number of rotatable bonds is 9. The molecule has 1 aliphatic heterocycles. The molecule has 0 spiro atoms. The van der Waals surface area contributed by atoms with Crippen LogP contribution in [0.5, 0.6) is 17.2 Å². The molecule has 1 aliphatic rings. The fourth-order valence-electron chi connectivity index (χ4n) is 3.71. The van der Waals surface area contributed by atoms with Gasteiger partial charge in [0.25, 0.3) is 11.8 Å². The van der Waals surface area contributed by atoms with Crippen LogP contribution in [0.15, 0.2) is 29.6 Å². The number of hydrogen-bond donors (Lipinski definition) is 2. The first-order valence-electron chi connectivity index (χ1n) is 11.5. The van der Waals surface area contributed by atoms with Gasteiger partial charge < -0.3 is 19.1 Å². The van der Waals surface area contributed by atoms with E-state index in [1.54, 1.807) is 23.1 Å². The predicted molar refractivity (Wildman–Crippen MR) is 129 cm³/mol. The smallest absolute Gasteiger partial charge is 0.269 e. The zero-order valence-corrected chi connectivity index (χ0v) is 20.5. The van der Waals surface area contributed by atoms with E-state index in [0.717, 1.165) is 0 Å². The molecule has 34 heavy (non-hydrogen) atoms. The summed E-state index contributed by atoms with van der Waals surface area (Å²) in [5.74, 6) is 0.166. The largest absolute Gasteiger partial charge is 0.490 e. The highest BCUT2D eigenvalue weighted by atomic mass is 32.1. The summed E-state index contributed by atoms with van der Waals surface area (Å²) in [6, 6.07) is 6.77. The van der Waals surface area contributed by atoms with Crippen LogP contribution in [-0.4, -0.2) is 55.5 Å². The first-order chi connectivity index (χ1) is 16.5. The van der Waals surface area contributed by atoms with Crippen molar-refractivity contribution in [3.05, 3.63) is 40.1 Å². The van der Waals surface area contributed by atoms with Gasteiger partial charge in [-0.15, -0.1) is 11.3 Å². The molecule has 0 saturated carbocycles. The normalized spacial score (nSPS) is 13.8. The van der Waals surface area contributed by atoms with Gasteiger partial charge in [-0.2, -0.15) is 0 Å². The molecule has 0 bridgehead atoms. The summed E-state index contributed by atoms with van der Waals surface area (Å²) >= 11 is 1.41. The quantitative estimate of drug-likeness (QED) is 0.524. The third kappa shape index (κ3) is 6.19. The monoisotopic (exact) mass is 489 g/mol. The number of benzene rings is 1. The standard InChI is InChI=1S/C24H31N3O6S/c1-4-31-18-14-17(15-19(32-5-2)21(18)33-6-3)23(29)26-25-22(28)16-9-11-27(12-10-16)24(30)20-8-7-13-34-20/h7-8,13-16H,4-6,9-12H2,1-3H3,(H,25,28)(H,26,29). The van der Waals surface area contributed by atoms with Gasteiger partial charge in [-0.25, -0.2) is 0 Å². The second-order valence-electron chi connectivity index (χ2n) is 7.59. The van der Waals surface area contributed by atoms with Crippen molar-refractivity contribution in [2.75, 3.05) is 32.9 Å². The van der Waals surface area contributed by atoms with Crippen LogP contribution in [0.1, 0.15) is 53.6 Å². The number of carbonyl (C=O) groups excluding carboxylic acids is 3. The van der Waals surface area contributed by atoms with Gasteiger partial charge in [0.05, 0.1) is 24.7 Å². The number of carbonyl (C=O) groups is 3. The van der Waals surface area contributed by atoms with E-state index in [2.05, 4.69) is 10.9 Å². The van der Waals surface area contributed by atoms with Crippen molar-refractivity contribution >= 4 is 29.1 Å². The van der Waals surface area contributed by atoms with Crippen molar-refractivity contribution in [3.63, 3.8) is 0 Å². The van der Waals surface area contributed by atoms with Gasteiger partial charge in [0, 0.05) is 24.6 Å². The molecule has 3 rings (SSSR count). The molecule has 2 N–H and O–H groups in total. The Labute approximate surface area is 203 Å². The van der Waals surface area contributed by atoms with E-state index < -0.39 is 5.91 Å². The summed E-state index contributed by atoms with van der Waals surface area (Å²) < 4.78 is 16.9. The molecule has 0 radical (unpaired) electrons. The summed E-state index contributed by atoms with van der Waals surface area (Å²) in [5.41, 5.74) is 5.26. The van der Waals surface area contributed by atoms with Crippen LogP contribution in [0.3, 0.4) is 0 Å². The maximum absolute atomic E-state index is 12.8. The maximum Gasteiger partial charge on any atom is 0.269 e. The first kappa shape index (κ1) is 25.4. The van der Waals surface area contributed by atoms with Crippen LogP contribution in [-0.2, 0) is 4.79 Å². The first-order valence-corrected chi connectivity index (χ1v) is 12.4. The number of likely N-dealkylation sites (tertiary alicyclic amines) is 1. The lowest BCUT2D eigenvalue weighted by Crippen LogP contribution is -2.48. The van der Waals surface area contributed by atoms with Gasteiger partial charge in [-0.1, -0.05) is 6.07 Å². The molecule has 3 amide bonds. The third-order valence-electron chi connectivity index (χ3n) is 5.36. The van der Waals surface area contributed by atoms with Crippen LogP contribution in [0.2, 0.25) is 0 Å². The SMILES string of the molecule is CCOc1cc(C(=O)NNC(=O)C2CCN(C(=O)c3cccs3)CC2)cc(OCC)c1OCC. The molecule has 0 atom stereocenters. The zero-order valence-electron chi connectivity index (χ0n) is 19.7. The predicted octanol–water partition coefficient (Wildman–Crippen LogP) is 3.26. The average molecular weight is 490 g/mol. The highest BCUT2D eigenvalue weighted by Crippen LogP contribution is 2.39. The van der Waals surface area contributed by atoms with E-state index in [1.807, 2.05) is 32.2 Å². The summed E-state index contributed by atoms with van der Waals surface area (Å²) in [6.45, 7) is 7.71. The molecule has 9 nitrogen and oxygen atoms in total. The summed E-state index contributed by atoms with van der Waals surface area (Å²) in [4.78, 5) is 40.3. The minimum Gasteiger partial charge on any atom is -0.490 e. The molecule has 184 valence electrons. The molecule has 1 saturated heterocycles. The van der Waals surface area contributed by atoms with Gasteiger partial charge in [0.15, 0.2) is 11.5 Å². The van der Waals surface area contributed by atoms with Gasteiger partial charge in [0.1, 0.15) is 0 Å². The van der Waals surface area contributed by atoms with Crippen LogP contribution in [0, 0.1) is 5.92 Å². The third-order valence-corrected chi connectivity index (χ3v) is 6.21. The van der Waals surface area contributed by atoms with Crippen molar-refractivity contribution in [1.29, 1.82) is 0 Å². The lowest BCUT2D eigenvalue weighted by atomic mass is 9.96. The van der Waals surface area contributed by atoms with Crippen LogP contribution in [0.4, 0.5) is 0 Å². The number of nitrogens with one attached hydrogen (secondary N) is 2. The summed E-state index contributed by atoms with van der Waals surface area (Å²) in [6.07, 6.45) is 1.07. The molecular weight excluding hydrogens is 458 g/mol. The van der Waals surface area contributed by atoms with Crippen LogP contribution < -0.4 is 25.1 Å². The Bertz CT molecular complexity index is 960. The minimum absolute atomic E-state index is 0.00661. The van der Waals surface area contributed by atoms with Gasteiger partial charge in [-0.05, 0) is 57.2 Å². The molecule has 0 unspecified atom stereocenters. The number of nitrogens with zero attached hydrogens (tertiary/aromatic N) is 1. The van der Waals surface area contributed by atoms with Crippen LogP contribution in [0.25, 0.3) is 0 Å². The van der Waals surface area contributed by atoms with Crippen molar-refractivity contribution < 1.29 is 28.6 Å². The Kier molecular flexibility index (Phi) is 9.15. The van der Waals surface area contributed by atoms with E-state index >= 15 is 0 Å². The van der Waals surface area contributed by atoms with E-state index in [9.17, 15) is 14.4 Å². The summed E-state index contributed by atoms with van der Waals surface area (Å²) in [7, 11) is 0. The number of amides is 3. The Morgan fingerprint density at radius 2 is 1.59 bits per heavy atom. The topological polar surface area (TPSA) is 106 Å². The molecule has 1 aromatic heterocycles. The van der Waals surface area contributed by atoms with Gasteiger partial charge in [-0.3, -0.25) is 25.2 Å². The fourth-order valence-corrected chi connectivity index (χ4v) is 4.40. The maximum atomic E-state index is 12.8. The second kappa shape index (κ2) is 12.3. The van der Waals surface area contributed by atoms with Crippen molar-refractivity contribution in [1.82, 2.24) is 15.8 Å². The molecule has 2 heterocycles. The highest BCUT2D eigenvalue weighted by Gasteiger charge is 2.28. The second-order valence-corrected chi connectivity index (χ2v) is 8.54. The summed E-state index contributed by atoms with van der Waals surface area (Å²) in [5, 5.41) is 1.87. The Hall–Kier alpha value is -3.27. The fraction of sp³-hybridized carbons (Fsp3) is 0.458. The van der Waals surface area contributed by atoms with E-state index in [1.165, 1.54) is 11.3 Å². The minimum atomic E-state index is -0.497. The van der Waals surface area contributed by atoms with Gasteiger partial charge >= 0.3 is 0 Å². The Balaban J connectivity index is 1.58. The van der Waals surface area contributed by atoms with E-state index in [-0.39, 0.29) is 23.3 Å². The highest BCUT2D eigenvalue weighted by molar-refractivity contribution is 7.12. The number of ether oxygens (including phenoxy) is 3. The average Bonchev–Trinajstić information content (AvgIpc) is 3.39. The molecule has 1 fully saturated rings. The molecular formula is C24H31N3O6S. The van der Waals surface area contributed by atoms with E-state index in [0.29, 0.717) is 67.9 Å². The van der Waals surface area contributed by atoms with Crippen molar-refractivity contribution in [2.24, 2.45) is 5.92 Å². The van der Waals surface area contributed by atoms with Crippen molar-refractivity contribution in [2.45, 2.75) is 33.6 Å². The van der Waals surface area contributed by atoms with Crippen molar-refractivity contribution in [3.8, 4) is 17.2 Å². The number of piperidine rings is 1. The lowest BCUT2D eigenvalue weighted by molar-refractivity contribution is -0.127. The number of hydrazine groups is 1. The Morgan fingerprint density at radius 1 is 0.971 bits per heavy atom. The van der Waals surface area contributed by atoms with Crippen LogP contribution >= 0.6 is 11.3 Å². The number of thiophene rings is 1.